The molecule has 66 valence electrons. The summed E-state index contributed by atoms with van der Waals surface area (Å²) in [6.07, 6.45) is 4.11. The Kier molecular flexibility index (Phi) is 1.76. The number of rotatable bonds is 1. The summed E-state index contributed by atoms with van der Waals surface area (Å²) in [4.78, 5) is 6.01. The molecule has 0 aliphatic heterocycles. The summed E-state index contributed by atoms with van der Waals surface area (Å²) in [5.74, 6) is 0. The van der Waals surface area contributed by atoms with E-state index in [9.17, 15) is 0 Å². The van der Waals surface area contributed by atoms with Crippen LogP contribution >= 0.6 is 11.3 Å². The lowest BCUT2D eigenvalue weighted by molar-refractivity contribution is 0.276. The topological polar surface area (TPSA) is 12.9 Å². The van der Waals surface area contributed by atoms with Crippen molar-refractivity contribution in [1.29, 1.82) is 0 Å². The molecule has 0 spiro atoms. The van der Waals surface area contributed by atoms with Gasteiger partial charge in [-0.2, -0.15) is 0 Å². The fraction of sp³-hybridized carbons (Fsp3) is 0.700. The van der Waals surface area contributed by atoms with Crippen LogP contribution in [0, 0.1) is 13.8 Å². The maximum absolute atomic E-state index is 4.48. The summed E-state index contributed by atoms with van der Waals surface area (Å²) in [5, 5.41) is 1.22. The van der Waals surface area contributed by atoms with E-state index >= 15 is 0 Å². The van der Waals surface area contributed by atoms with Crippen LogP contribution in [-0.4, -0.2) is 4.98 Å². The number of thiazole rings is 1. The lowest BCUT2D eigenvalue weighted by Crippen LogP contribution is -2.29. The second kappa shape index (κ2) is 2.56. The zero-order valence-electron chi connectivity index (χ0n) is 7.98. The molecule has 1 aliphatic carbocycles. The predicted octanol–water partition coefficient (Wildman–Crippen LogP) is 3.20. The Labute approximate surface area is 77.8 Å². The van der Waals surface area contributed by atoms with Crippen molar-refractivity contribution in [3.05, 3.63) is 15.6 Å². The van der Waals surface area contributed by atoms with E-state index in [1.807, 2.05) is 11.3 Å². The molecular weight excluding hydrogens is 166 g/mol. The minimum atomic E-state index is 0.482. The molecular formula is C10H15NS. The zero-order valence-corrected chi connectivity index (χ0v) is 8.79. The minimum absolute atomic E-state index is 0.482. The van der Waals surface area contributed by atoms with Gasteiger partial charge >= 0.3 is 0 Å². The maximum atomic E-state index is 4.48. The van der Waals surface area contributed by atoms with Gasteiger partial charge < -0.3 is 0 Å². The third kappa shape index (κ3) is 1.09. The second-order valence-electron chi connectivity index (χ2n) is 4.06. The monoisotopic (exact) mass is 181 g/mol. The van der Waals surface area contributed by atoms with Crippen molar-refractivity contribution >= 4 is 11.3 Å². The van der Waals surface area contributed by atoms with Gasteiger partial charge in [-0.1, -0.05) is 13.3 Å². The van der Waals surface area contributed by atoms with Gasteiger partial charge in [-0.15, -0.1) is 11.3 Å². The van der Waals surface area contributed by atoms with Gasteiger partial charge in [0.15, 0.2) is 0 Å². The molecule has 1 nitrogen and oxygen atoms in total. The number of aromatic nitrogens is 1. The molecule has 1 aliphatic rings. The van der Waals surface area contributed by atoms with E-state index in [0.717, 1.165) is 0 Å². The quantitative estimate of drug-likeness (QED) is 0.648. The molecule has 0 atom stereocenters. The highest BCUT2D eigenvalue weighted by molar-refractivity contribution is 7.11. The van der Waals surface area contributed by atoms with Gasteiger partial charge in [0.1, 0.15) is 0 Å². The van der Waals surface area contributed by atoms with Crippen molar-refractivity contribution in [3.8, 4) is 0 Å². The summed E-state index contributed by atoms with van der Waals surface area (Å²) < 4.78 is 0. The highest BCUT2D eigenvalue weighted by atomic mass is 32.1. The lowest BCUT2D eigenvalue weighted by atomic mass is 9.69. The Morgan fingerprint density at radius 2 is 2.00 bits per heavy atom. The molecule has 1 aromatic heterocycles. The molecule has 12 heavy (non-hydrogen) atoms. The average Bonchev–Trinajstić information content (AvgIpc) is 2.25. The van der Waals surface area contributed by atoms with Gasteiger partial charge in [0, 0.05) is 10.3 Å². The van der Waals surface area contributed by atoms with Gasteiger partial charge in [-0.05, 0) is 26.7 Å². The van der Waals surface area contributed by atoms with Gasteiger partial charge in [0.25, 0.3) is 0 Å². The molecule has 1 fully saturated rings. The van der Waals surface area contributed by atoms with Crippen molar-refractivity contribution in [2.24, 2.45) is 0 Å². The Morgan fingerprint density at radius 3 is 2.33 bits per heavy atom. The molecule has 1 aromatic rings. The predicted molar refractivity (Wildman–Crippen MR) is 52.8 cm³/mol. The van der Waals surface area contributed by atoms with Crippen LogP contribution in [0.2, 0.25) is 0 Å². The summed E-state index contributed by atoms with van der Waals surface area (Å²) in [6.45, 7) is 6.61. The first kappa shape index (κ1) is 8.24. The SMILES string of the molecule is Cc1nc(C)c(C2(C)CCC2)s1. The average molecular weight is 181 g/mol. The molecule has 1 heterocycles. The normalized spacial score (nSPS) is 20.6. The van der Waals surface area contributed by atoms with Gasteiger partial charge in [-0.25, -0.2) is 4.98 Å². The molecule has 0 radical (unpaired) electrons. The Bertz CT molecular complexity index is 297. The first-order valence-corrected chi connectivity index (χ1v) is 5.38. The fourth-order valence-electron chi connectivity index (χ4n) is 2.03. The van der Waals surface area contributed by atoms with Crippen LogP contribution in [0.15, 0.2) is 0 Å². The highest BCUT2D eigenvalue weighted by Gasteiger charge is 2.36. The smallest absolute Gasteiger partial charge is 0.0900 e. The third-order valence-corrected chi connectivity index (χ3v) is 4.29. The number of hydrogen-bond acceptors (Lipinski definition) is 2. The van der Waals surface area contributed by atoms with Crippen LogP contribution in [0.4, 0.5) is 0 Å². The summed E-state index contributed by atoms with van der Waals surface area (Å²) in [7, 11) is 0. The molecule has 0 unspecified atom stereocenters. The lowest BCUT2D eigenvalue weighted by Gasteiger charge is -2.37. The second-order valence-corrected chi connectivity index (χ2v) is 5.26. The standard InChI is InChI=1S/C10H15NS/c1-7-9(12-8(2)11-7)10(3)5-4-6-10/h4-6H2,1-3H3. The largest absolute Gasteiger partial charge is 0.247 e. The number of aryl methyl sites for hydroxylation is 2. The van der Waals surface area contributed by atoms with E-state index in [4.69, 9.17) is 0 Å². The van der Waals surface area contributed by atoms with Gasteiger partial charge in [0.05, 0.1) is 10.7 Å². The van der Waals surface area contributed by atoms with Gasteiger partial charge in [-0.3, -0.25) is 0 Å². The van der Waals surface area contributed by atoms with E-state index in [2.05, 4.69) is 25.8 Å². The zero-order chi connectivity index (χ0) is 8.77. The molecule has 0 N–H and O–H groups in total. The molecule has 0 aromatic carbocycles. The number of nitrogens with zero attached hydrogens (tertiary/aromatic N) is 1. The van der Waals surface area contributed by atoms with E-state index < -0.39 is 0 Å². The van der Waals surface area contributed by atoms with Crippen molar-refractivity contribution in [2.45, 2.75) is 45.4 Å². The minimum Gasteiger partial charge on any atom is -0.247 e. The Hall–Kier alpha value is -0.370. The molecule has 0 amide bonds. The summed E-state index contributed by atoms with van der Waals surface area (Å²) in [5.41, 5.74) is 1.75. The molecule has 0 bridgehead atoms. The van der Waals surface area contributed by atoms with Crippen LogP contribution in [-0.2, 0) is 5.41 Å². The highest BCUT2D eigenvalue weighted by Crippen LogP contribution is 2.46. The van der Waals surface area contributed by atoms with Crippen LogP contribution in [0.1, 0.15) is 41.8 Å². The van der Waals surface area contributed by atoms with E-state index in [-0.39, 0.29) is 0 Å². The summed E-state index contributed by atoms with van der Waals surface area (Å²) in [6, 6.07) is 0. The van der Waals surface area contributed by atoms with Gasteiger partial charge in [0.2, 0.25) is 0 Å². The molecule has 0 saturated heterocycles. The van der Waals surface area contributed by atoms with Crippen molar-refractivity contribution in [1.82, 2.24) is 4.98 Å². The maximum Gasteiger partial charge on any atom is 0.0900 e. The Morgan fingerprint density at radius 1 is 1.33 bits per heavy atom. The van der Waals surface area contributed by atoms with Crippen molar-refractivity contribution in [3.63, 3.8) is 0 Å². The van der Waals surface area contributed by atoms with E-state index in [1.54, 1.807) is 0 Å². The first-order chi connectivity index (χ1) is 5.62. The van der Waals surface area contributed by atoms with Crippen molar-refractivity contribution in [2.75, 3.05) is 0 Å². The third-order valence-electron chi connectivity index (χ3n) is 2.91. The van der Waals surface area contributed by atoms with E-state index in [1.165, 1.54) is 34.8 Å². The van der Waals surface area contributed by atoms with Crippen LogP contribution in [0.5, 0.6) is 0 Å². The van der Waals surface area contributed by atoms with Crippen LogP contribution < -0.4 is 0 Å². The van der Waals surface area contributed by atoms with Crippen LogP contribution in [0.3, 0.4) is 0 Å². The first-order valence-electron chi connectivity index (χ1n) is 4.56. The van der Waals surface area contributed by atoms with Crippen molar-refractivity contribution < 1.29 is 0 Å². The molecule has 2 rings (SSSR count). The summed E-state index contributed by atoms with van der Waals surface area (Å²) >= 11 is 1.89. The van der Waals surface area contributed by atoms with E-state index in [0.29, 0.717) is 5.41 Å². The number of hydrogen-bond donors (Lipinski definition) is 0. The fourth-order valence-corrected chi connectivity index (χ4v) is 3.15. The molecule has 1 saturated carbocycles. The van der Waals surface area contributed by atoms with Crippen LogP contribution in [0.25, 0.3) is 0 Å². The Balaban J connectivity index is 2.38. The molecule has 2 heteroatoms.